The van der Waals surface area contributed by atoms with Crippen molar-refractivity contribution in [3.05, 3.63) is 29.3 Å². The first-order valence-electron chi connectivity index (χ1n) is 5.29. The lowest BCUT2D eigenvalue weighted by Gasteiger charge is -2.30. The molecule has 78 valence electrons. The van der Waals surface area contributed by atoms with E-state index >= 15 is 0 Å². The summed E-state index contributed by atoms with van der Waals surface area (Å²) in [4.78, 5) is 2.14. The van der Waals surface area contributed by atoms with Gasteiger partial charge >= 0.3 is 0 Å². The second-order valence-electron chi connectivity index (χ2n) is 3.80. The smallest absolute Gasteiger partial charge is 0.105 e. The van der Waals surface area contributed by atoms with Crippen LogP contribution in [-0.2, 0) is 13.0 Å². The van der Waals surface area contributed by atoms with Crippen molar-refractivity contribution in [2.24, 2.45) is 5.73 Å². The van der Waals surface area contributed by atoms with Gasteiger partial charge in [0, 0.05) is 18.8 Å². The minimum atomic E-state index is 0.473. The Balaban J connectivity index is 2.40. The Labute approximate surface area is 90.1 Å². The zero-order valence-electron chi connectivity index (χ0n) is 8.74. The molecule has 0 saturated carbocycles. The van der Waals surface area contributed by atoms with Crippen molar-refractivity contribution in [3.63, 3.8) is 0 Å². The third-order valence-electron chi connectivity index (χ3n) is 2.93. The molecule has 1 aliphatic heterocycles. The molecule has 3 nitrogen and oxygen atoms in total. The molecule has 0 saturated heterocycles. The van der Waals surface area contributed by atoms with Crippen LogP contribution < -0.4 is 10.6 Å². The van der Waals surface area contributed by atoms with Gasteiger partial charge in [-0.05, 0) is 30.0 Å². The van der Waals surface area contributed by atoms with E-state index in [4.69, 9.17) is 11.0 Å². The topological polar surface area (TPSA) is 53.0 Å². The van der Waals surface area contributed by atoms with Crippen LogP contribution in [0.1, 0.15) is 17.5 Å². The van der Waals surface area contributed by atoms with Gasteiger partial charge in [0.25, 0.3) is 0 Å². The lowest BCUT2D eigenvalue weighted by molar-refractivity contribution is 0.717. The standard InChI is InChI=1S/C12H15N3/c13-6-8-15-7-2-4-11-10(9-14)3-1-5-12(11)15/h1,3,5H,2,4,7-9,14H2. The zero-order valence-corrected chi connectivity index (χ0v) is 8.74. The molecule has 1 heterocycles. The monoisotopic (exact) mass is 201 g/mol. The molecule has 1 aliphatic rings. The van der Waals surface area contributed by atoms with E-state index in [9.17, 15) is 0 Å². The number of fused-ring (bicyclic) bond motifs is 1. The molecule has 0 fully saturated rings. The molecule has 2 rings (SSSR count). The van der Waals surface area contributed by atoms with Crippen molar-refractivity contribution in [1.29, 1.82) is 5.26 Å². The van der Waals surface area contributed by atoms with Gasteiger partial charge in [-0.15, -0.1) is 0 Å². The summed E-state index contributed by atoms with van der Waals surface area (Å²) in [6.07, 6.45) is 2.20. The fourth-order valence-electron chi connectivity index (χ4n) is 2.21. The van der Waals surface area contributed by atoms with E-state index in [0.29, 0.717) is 13.1 Å². The zero-order chi connectivity index (χ0) is 10.7. The fraction of sp³-hybridized carbons (Fsp3) is 0.417. The average molecular weight is 201 g/mol. The van der Waals surface area contributed by atoms with Crippen molar-refractivity contribution in [1.82, 2.24) is 0 Å². The molecule has 1 aromatic rings. The van der Waals surface area contributed by atoms with Gasteiger partial charge in [-0.2, -0.15) is 5.26 Å². The summed E-state index contributed by atoms with van der Waals surface area (Å²) in [5.74, 6) is 0. The summed E-state index contributed by atoms with van der Waals surface area (Å²) >= 11 is 0. The first-order chi connectivity index (χ1) is 7.36. The maximum atomic E-state index is 8.75. The molecular formula is C12H15N3. The van der Waals surface area contributed by atoms with E-state index in [1.165, 1.54) is 16.8 Å². The van der Waals surface area contributed by atoms with Crippen molar-refractivity contribution in [3.8, 4) is 6.07 Å². The van der Waals surface area contributed by atoms with E-state index in [1.54, 1.807) is 0 Å². The molecule has 0 radical (unpaired) electrons. The largest absolute Gasteiger partial charge is 0.358 e. The van der Waals surface area contributed by atoms with E-state index in [-0.39, 0.29) is 0 Å². The number of nitrogens with two attached hydrogens (primary N) is 1. The SMILES string of the molecule is N#CCN1CCCc2c(CN)cccc21. The lowest BCUT2D eigenvalue weighted by atomic mass is 9.96. The van der Waals surface area contributed by atoms with Crippen LogP contribution in [0.5, 0.6) is 0 Å². The van der Waals surface area contributed by atoms with Crippen molar-refractivity contribution in [2.75, 3.05) is 18.0 Å². The number of anilines is 1. The van der Waals surface area contributed by atoms with Gasteiger partial charge in [0.15, 0.2) is 0 Å². The Morgan fingerprint density at radius 1 is 1.47 bits per heavy atom. The summed E-state index contributed by atoms with van der Waals surface area (Å²) in [6, 6.07) is 8.40. The van der Waals surface area contributed by atoms with E-state index in [1.807, 2.05) is 6.07 Å². The predicted molar refractivity (Wildman–Crippen MR) is 60.5 cm³/mol. The molecule has 3 heteroatoms. The minimum Gasteiger partial charge on any atom is -0.358 e. The molecule has 0 amide bonds. The maximum absolute atomic E-state index is 8.75. The second-order valence-corrected chi connectivity index (χ2v) is 3.80. The molecule has 15 heavy (non-hydrogen) atoms. The molecule has 1 aromatic carbocycles. The molecule has 0 unspecified atom stereocenters. The van der Waals surface area contributed by atoms with Gasteiger partial charge in [-0.25, -0.2) is 0 Å². The summed E-state index contributed by atoms with van der Waals surface area (Å²) in [5.41, 5.74) is 9.46. The summed E-state index contributed by atoms with van der Waals surface area (Å²) < 4.78 is 0. The van der Waals surface area contributed by atoms with Crippen LogP contribution in [0.4, 0.5) is 5.69 Å². The number of nitrogens with zero attached hydrogens (tertiary/aromatic N) is 2. The van der Waals surface area contributed by atoms with E-state index in [2.05, 4.69) is 23.1 Å². The number of hydrogen-bond acceptors (Lipinski definition) is 3. The molecule has 0 aromatic heterocycles. The van der Waals surface area contributed by atoms with Gasteiger partial charge in [-0.1, -0.05) is 12.1 Å². The van der Waals surface area contributed by atoms with Gasteiger partial charge in [0.05, 0.1) is 6.07 Å². The maximum Gasteiger partial charge on any atom is 0.105 e. The van der Waals surface area contributed by atoms with Crippen molar-refractivity contribution < 1.29 is 0 Å². The van der Waals surface area contributed by atoms with Gasteiger partial charge in [0.1, 0.15) is 6.54 Å². The first-order valence-corrected chi connectivity index (χ1v) is 5.29. The second kappa shape index (κ2) is 4.33. The van der Waals surface area contributed by atoms with E-state index in [0.717, 1.165) is 19.4 Å². The molecule has 0 aliphatic carbocycles. The quantitative estimate of drug-likeness (QED) is 0.736. The van der Waals surface area contributed by atoms with Crippen LogP contribution in [-0.4, -0.2) is 13.1 Å². The third kappa shape index (κ3) is 1.81. The number of benzene rings is 1. The highest BCUT2D eigenvalue weighted by Crippen LogP contribution is 2.29. The van der Waals surface area contributed by atoms with Crippen LogP contribution in [0.3, 0.4) is 0 Å². The molecule has 2 N–H and O–H groups in total. The van der Waals surface area contributed by atoms with Crippen LogP contribution in [0.15, 0.2) is 18.2 Å². The molecule has 0 atom stereocenters. The van der Waals surface area contributed by atoms with Gasteiger partial charge in [0.2, 0.25) is 0 Å². The summed E-state index contributed by atoms with van der Waals surface area (Å²) in [5, 5.41) is 8.75. The van der Waals surface area contributed by atoms with Crippen molar-refractivity contribution in [2.45, 2.75) is 19.4 Å². The Morgan fingerprint density at radius 2 is 2.33 bits per heavy atom. The Hall–Kier alpha value is -1.53. The summed E-state index contributed by atoms with van der Waals surface area (Å²) in [7, 11) is 0. The predicted octanol–water partition coefficient (Wildman–Crippen LogP) is 1.42. The highest BCUT2D eigenvalue weighted by atomic mass is 15.1. The summed E-state index contributed by atoms with van der Waals surface area (Å²) in [6.45, 7) is 2.04. The Bertz CT molecular complexity index is 392. The molecular weight excluding hydrogens is 186 g/mol. The first kappa shape index (κ1) is 10.0. The molecule has 0 bridgehead atoms. The highest BCUT2D eigenvalue weighted by molar-refractivity contribution is 5.59. The third-order valence-corrected chi connectivity index (χ3v) is 2.93. The average Bonchev–Trinajstić information content (AvgIpc) is 2.29. The van der Waals surface area contributed by atoms with Crippen molar-refractivity contribution >= 4 is 5.69 Å². The van der Waals surface area contributed by atoms with Crippen LogP contribution in [0.25, 0.3) is 0 Å². The van der Waals surface area contributed by atoms with Crippen LogP contribution in [0.2, 0.25) is 0 Å². The van der Waals surface area contributed by atoms with E-state index < -0.39 is 0 Å². The Kier molecular flexibility index (Phi) is 2.89. The lowest BCUT2D eigenvalue weighted by Crippen LogP contribution is -2.30. The van der Waals surface area contributed by atoms with Gasteiger partial charge in [-0.3, -0.25) is 0 Å². The number of hydrogen-bond donors (Lipinski definition) is 1. The fourth-order valence-corrected chi connectivity index (χ4v) is 2.21. The molecule has 0 spiro atoms. The van der Waals surface area contributed by atoms with Crippen LogP contribution in [0, 0.1) is 11.3 Å². The minimum absolute atomic E-state index is 0.473. The van der Waals surface area contributed by atoms with Crippen LogP contribution >= 0.6 is 0 Å². The number of nitriles is 1. The Morgan fingerprint density at radius 3 is 3.07 bits per heavy atom. The number of rotatable bonds is 2. The highest BCUT2D eigenvalue weighted by Gasteiger charge is 2.17. The van der Waals surface area contributed by atoms with Gasteiger partial charge < -0.3 is 10.6 Å². The normalized spacial score (nSPS) is 14.5.